The van der Waals surface area contributed by atoms with E-state index in [0.29, 0.717) is 17.4 Å². The summed E-state index contributed by atoms with van der Waals surface area (Å²) in [6.07, 6.45) is 95.2. The predicted octanol–water partition coefficient (Wildman–Crippen LogP) is 21.9. The zero-order valence-electron chi connectivity index (χ0n) is 56.4. The number of nitrogens with zero attached hydrogens (tertiary/aromatic N) is 1. The SMILES string of the molecule is CC/C=C\C/C=C\C/C=C\C/C=C\C/C=C\C/C=C\CCCCCCCCCCCCCCCCC(=O)OC(COC(=O)CCCCCCCCCCCC/C=C\C/C=C\C/C=C\C/C=C\C/C=C\C/C=C\CC)COC(OCC[N+](C)(C)C)C(=O)O. The number of ether oxygens (including phenoxy) is 4. The van der Waals surface area contributed by atoms with Crippen molar-refractivity contribution in [2.24, 2.45) is 0 Å². The molecule has 9 nitrogen and oxygen atoms in total. The van der Waals surface area contributed by atoms with Crippen LogP contribution in [0.2, 0.25) is 0 Å². The number of carbonyl (C=O) groups is 3. The van der Waals surface area contributed by atoms with Crippen LogP contribution < -0.4 is 0 Å². The fourth-order valence-corrected chi connectivity index (χ4v) is 9.32. The third kappa shape index (κ3) is 68.5. The van der Waals surface area contributed by atoms with Crippen LogP contribution in [-0.4, -0.2) is 87.4 Å². The molecule has 494 valence electrons. The van der Waals surface area contributed by atoms with Gasteiger partial charge in [-0.2, -0.15) is 0 Å². The number of likely N-dealkylation sites (N-methyl/N-ethyl adjacent to an activating group) is 1. The molecule has 87 heavy (non-hydrogen) atoms. The van der Waals surface area contributed by atoms with Crippen molar-refractivity contribution in [1.29, 1.82) is 0 Å². The van der Waals surface area contributed by atoms with Crippen LogP contribution in [0, 0.1) is 0 Å². The van der Waals surface area contributed by atoms with E-state index in [1.54, 1.807) is 0 Å². The second-order valence-electron chi connectivity index (χ2n) is 24.1. The molecule has 0 aliphatic rings. The topological polar surface area (TPSA) is 108 Å². The van der Waals surface area contributed by atoms with Gasteiger partial charge < -0.3 is 28.5 Å². The van der Waals surface area contributed by atoms with Crippen LogP contribution in [0.25, 0.3) is 0 Å². The molecule has 0 saturated carbocycles. The number of unbranched alkanes of at least 4 members (excludes halogenated alkanes) is 24. The summed E-state index contributed by atoms with van der Waals surface area (Å²) in [7, 11) is 5.97. The minimum atomic E-state index is -1.52. The molecule has 0 amide bonds. The van der Waals surface area contributed by atoms with Crippen LogP contribution in [-0.2, 0) is 33.3 Å². The Morgan fingerprint density at radius 1 is 0.345 bits per heavy atom. The number of esters is 2. The largest absolute Gasteiger partial charge is 0.477 e. The summed E-state index contributed by atoms with van der Waals surface area (Å²) < 4.78 is 23.0. The minimum absolute atomic E-state index is 0.181. The van der Waals surface area contributed by atoms with Crippen LogP contribution in [0.1, 0.15) is 271 Å². The van der Waals surface area contributed by atoms with E-state index in [1.807, 2.05) is 21.1 Å². The molecule has 9 heteroatoms. The average Bonchev–Trinajstić information content (AvgIpc) is 3.59. The Hall–Kier alpha value is -4.83. The van der Waals surface area contributed by atoms with Gasteiger partial charge in [0.25, 0.3) is 6.29 Å². The van der Waals surface area contributed by atoms with Gasteiger partial charge in [0.2, 0.25) is 0 Å². The summed E-state index contributed by atoms with van der Waals surface area (Å²) in [6, 6.07) is 0. The average molecular weight is 1210 g/mol. The number of hydrogen-bond donors (Lipinski definition) is 1. The lowest BCUT2D eigenvalue weighted by molar-refractivity contribution is -0.870. The van der Waals surface area contributed by atoms with E-state index in [1.165, 1.54) is 116 Å². The Balaban J connectivity index is 4.16. The van der Waals surface area contributed by atoms with Crippen molar-refractivity contribution in [2.45, 2.75) is 283 Å². The first-order chi connectivity index (χ1) is 42.6. The maximum absolute atomic E-state index is 13.0. The van der Waals surface area contributed by atoms with Gasteiger partial charge >= 0.3 is 17.9 Å². The summed E-state index contributed by atoms with van der Waals surface area (Å²) in [6.45, 7) is 4.65. The number of carboxylic acid groups (broad SMARTS) is 1. The molecule has 0 aliphatic heterocycles. The maximum atomic E-state index is 13.0. The second-order valence-corrected chi connectivity index (χ2v) is 24.1. The molecule has 0 spiro atoms. The standard InChI is InChI=1S/C78H129NO8/c1-6-8-10-12-14-16-18-20-22-24-26-28-30-32-34-36-37-38-39-41-43-45-47-49-51-53-55-57-59-61-63-65-67-69-76(81)87-74(73-86-78(77(82)83)84-71-70-79(3,4)5)72-85-75(80)68-66-64-62-60-58-56-54-52-50-48-46-44-42-40-35-33-31-29-27-25-23-21-19-17-15-13-11-9-7-2/h8-11,14-17,20-23,26-29,32-35,37-38,42,44,74,78H,6-7,12-13,18-19,24-25,30-31,36,39-41,43,45-73H2,1-5H3/p+1/b10-8-,11-9-,16-14-,17-15-,22-20-,23-21-,28-26-,29-27-,34-32-,35-33-,38-37-,44-42-. The van der Waals surface area contributed by atoms with Crippen molar-refractivity contribution in [3.05, 3.63) is 146 Å². The quantitative estimate of drug-likeness (QED) is 0.0211. The second kappa shape index (κ2) is 67.1. The number of carbonyl (C=O) groups excluding carboxylic acids is 2. The number of rotatable bonds is 63. The van der Waals surface area contributed by atoms with E-state index < -0.39 is 24.3 Å². The molecule has 0 rings (SSSR count). The monoisotopic (exact) mass is 1210 g/mol. The summed E-state index contributed by atoms with van der Waals surface area (Å²) >= 11 is 0. The van der Waals surface area contributed by atoms with Gasteiger partial charge in [0.05, 0.1) is 34.4 Å². The molecule has 0 saturated heterocycles. The van der Waals surface area contributed by atoms with E-state index in [9.17, 15) is 19.5 Å². The Kier molecular flexibility index (Phi) is 63.4. The number of quaternary nitrogens is 1. The smallest absolute Gasteiger partial charge is 0.361 e. The van der Waals surface area contributed by atoms with Crippen molar-refractivity contribution < 1.29 is 42.9 Å². The zero-order valence-corrected chi connectivity index (χ0v) is 56.4. The first-order valence-corrected chi connectivity index (χ1v) is 35.0. The van der Waals surface area contributed by atoms with Crippen LogP contribution in [0.3, 0.4) is 0 Å². The number of allylic oxidation sites excluding steroid dienone is 24. The lowest BCUT2D eigenvalue weighted by atomic mass is 10.0. The summed E-state index contributed by atoms with van der Waals surface area (Å²) in [4.78, 5) is 37.6. The predicted molar refractivity (Wildman–Crippen MR) is 373 cm³/mol. The van der Waals surface area contributed by atoms with Gasteiger partial charge in [0.1, 0.15) is 13.2 Å². The van der Waals surface area contributed by atoms with Crippen molar-refractivity contribution in [1.82, 2.24) is 0 Å². The third-order valence-electron chi connectivity index (χ3n) is 14.6. The fourth-order valence-electron chi connectivity index (χ4n) is 9.32. The van der Waals surface area contributed by atoms with E-state index in [2.05, 4.69) is 160 Å². The lowest BCUT2D eigenvalue weighted by Gasteiger charge is -2.25. The van der Waals surface area contributed by atoms with Gasteiger partial charge in [-0.15, -0.1) is 0 Å². The normalized spacial score (nSPS) is 13.6. The Morgan fingerprint density at radius 2 is 0.621 bits per heavy atom. The van der Waals surface area contributed by atoms with Gasteiger partial charge in [-0.1, -0.05) is 288 Å². The van der Waals surface area contributed by atoms with Gasteiger partial charge in [0, 0.05) is 12.8 Å². The molecule has 2 atom stereocenters. The first-order valence-electron chi connectivity index (χ1n) is 35.0. The minimum Gasteiger partial charge on any atom is -0.477 e. The molecule has 0 heterocycles. The van der Waals surface area contributed by atoms with Gasteiger partial charge in [0.15, 0.2) is 6.10 Å². The molecule has 0 aromatic heterocycles. The van der Waals surface area contributed by atoms with Crippen molar-refractivity contribution >= 4 is 17.9 Å². The highest BCUT2D eigenvalue weighted by atomic mass is 16.7. The third-order valence-corrected chi connectivity index (χ3v) is 14.6. The van der Waals surface area contributed by atoms with Crippen LogP contribution in [0.5, 0.6) is 0 Å². The first kappa shape index (κ1) is 82.2. The molecule has 1 N–H and O–H groups in total. The van der Waals surface area contributed by atoms with Gasteiger partial charge in [-0.3, -0.25) is 9.59 Å². The molecule has 2 unspecified atom stereocenters. The van der Waals surface area contributed by atoms with E-state index in [-0.39, 0.29) is 38.6 Å². The number of carboxylic acids is 1. The van der Waals surface area contributed by atoms with Crippen molar-refractivity contribution in [3.63, 3.8) is 0 Å². The van der Waals surface area contributed by atoms with E-state index in [0.717, 1.165) is 122 Å². The van der Waals surface area contributed by atoms with Crippen molar-refractivity contribution in [3.8, 4) is 0 Å². The number of aliphatic carboxylic acids is 1. The highest BCUT2D eigenvalue weighted by Crippen LogP contribution is 2.17. The van der Waals surface area contributed by atoms with Crippen LogP contribution in [0.15, 0.2) is 146 Å². The van der Waals surface area contributed by atoms with Crippen molar-refractivity contribution in [2.75, 3.05) is 47.5 Å². The molecular weight excluding hydrogens is 1080 g/mol. The van der Waals surface area contributed by atoms with Gasteiger partial charge in [-0.05, 0) is 116 Å². The highest BCUT2D eigenvalue weighted by Gasteiger charge is 2.25. The van der Waals surface area contributed by atoms with Crippen LogP contribution >= 0.6 is 0 Å². The lowest BCUT2D eigenvalue weighted by Crippen LogP contribution is -2.40. The summed E-state index contributed by atoms with van der Waals surface area (Å²) in [5, 5.41) is 9.75. The number of hydrogen-bond acceptors (Lipinski definition) is 7. The fraction of sp³-hybridized carbons (Fsp3) is 0.654. The Labute approximate surface area is 534 Å². The molecular formula is C78H130NO8+. The Bertz CT molecular complexity index is 1940. The van der Waals surface area contributed by atoms with E-state index in [4.69, 9.17) is 18.9 Å². The molecule has 0 aromatic carbocycles. The molecule has 0 radical (unpaired) electrons. The maximum Gasteiger partial charge on any atom is 0.361 e. The highest BCUT2D eigenvalue weighted by molar-refractivity contribution is 5.71. The van der Waals surface area contributed by atoms with Gasteiger partial charge in [-0.25, -0.2) is 4.79 Å². The molecule has 0 bridgehead atoms. The Morgan fingerprint density at radius 3 is 0.920 bits per heavy atom. The molecule has 0 fully saturated rings. The summed E-state index contributed by atoms with van der Waals surface area (Å²) in [5.41, 5.74) is 0. The van der Waals surface area contributed by atoms with E-state index >= 15 is 0 Å². The molecule has 0 aliphatic carbocycles. The zero-order chi connectivity index (χ0) is 63.3. The summed E-state index contributed by atoms with van der Waals surface area (Å²) in [5.74, 6) is -2.02. The molecule has 0 aromatic rings. The van der Waals surface area contributed by atoms with Crippen LogP contribution in [0.4, 0.5) is 0 Å².